The van der Waals surface area contributed by atoms with Gasteiger partial charge in [-0.05, 0) is 45.3 Å². The summed E-state index contributed by atoms with van der Waals surface area (Å²) in [6.45, 7) is 7.15. The summed E-state index contributed by atoms with van der Waals surface area (Å²) in [5, 5.41) is 2.52. The van der Waals surface area contributed by atoms with Gasteiger partial charge in [-0.25, -0.2) is 9.59 Å². The van der Waals surface area contributed by atoms with Gasteiger partial charge >= 0.3 is 12.2 Å². The largest absolute Gasteiger partial charge is 0.448 e. The number of hydrogen-bond donors (Lipinski definition) is 6. The second-order valence-corrected chi connectivity index (χ2v) is 6.98. The van der Waals surface area contributed by atoms with Crippen LogP contribution in [0.4, 0.5) is 9.59 Å². The van der Waals surface area contributed by atoms with Crippen molar-refractivity contribution in [2.75, 3.05) is 59.0 Å². The Balaban J connectivity index is -0.000000746. The predicted octanol–water partition coefficient (Wildman–Crippen LogP) is 0.215. The number of unbranched alkanes of at least 4 members (excludes halogenated alkanes) is 4. The zero-order valence-corrected chi connectivity index (χ0v) is 20.7. The topological polar surface area (TPSA) is 215 Å². The molecule has 0 radical (unpaired) electrons. The highest BCUT2D eigenvalue weighted by atomic mass is 16.6. The first-order valence-corrected chi connectivity index (χ1v) is 11.7. The Kier molecular flexibility index (Phi) is 32.1. The molecule has 0 spiro atoms. The summed E-state index contributed by atoms with van der Waals surface area (Å²) in [5.74, 6) is -0.387. The predicted molar refractivity (Wildman–Crippen MR) is 131 cm³/mol. The Hall–Kier alpha value is -2.15. The van der Waals surface area contributed by atoms with Gasteiger partial charge in [0.1, 0.15) is 19.8 Å². The standard InChI is InChI=1S/C13H27N5O5.2C4H11N/c14-4-2-1-3-7-18(13(21)23-8-5-15)10-11(19)17-6-9-22-12(16)20;2*1-2-3-4-5/h1-10,14-15H2,(H2,16,20)(H,17,19);2*2-5H2,1H3. The summed E-state index contributed by atoms with van der Waals surface area (Å²) in [7, 11) is 0. The number of nitrogens with one attached hydrogen (secondary N) is 1. The molecule has 0 unspecified atom stereocenters. The lowest BCUT2D eigenvalue weighted by Crippen LogP contribution is -2.42. The molecule has 0 aliphatic heterocycles. The summed E-state index contributed by atoms with van der Waals surface area (Å²) in [4.78, 5) is 35.4. The van der Waals surface area contributed by atoms with Crippen LogP contribution in [-0.2, 0) is 14.3 Å². The van der Waals surface area contributed by atoms with Crippen molar-refractivity contribution in [1.82, 2.24) is 10.2 Å². The van der Waals surface area contributed by atoms with Crippen LogP contribution >= 0.6 is 0 Å². The van der Waals surface area contributed by atoms with Crippen molar-refractivity contribution >= 4 is 18.1 Å². The van der Waals surface area contributed by atoms with Gasteiger partial charge in [-0.3, -0.25) is 9.69 Å². The summed E-state index contributed by atoms with van der Waals surface area (Å²) in [6.07, 6.45) is 5.69. The number of hydrogen-bond acceptors (Lipinski definition) is 9. The van der Waals surface area contributed by atoms with Crippen molar-refractivity contribution in [3.8, 4) is 0 Å². The zero-order chi connectivity index (χ0) is 25.7. The van der Waals surface area contributed by atoms with E-state index in [4.69, 9.17) is 33.4 Å². The van der Waals surface area contributed by atoms with Gasteiger partial charge in [0.15, 0.2) is 0 Å². The van der Waals surface area contributed by atoms with Crippen LogP contribution in [0, 0.1) is 0 Å². The van der Waals surface area contributed by atoms with Gasteiger partial charge in [0.05, 0.1) is 6.54 Å². The van der Waals surface area contributed by atoms with Crippen molar-refractivity contribution in [2.24, 2.45) is 28.7 Å². The lowest BCUT2D eigenvalue weighted by atomic mass is 10.2. The minimum atomic E-state index is -0.911. The first kappa shape index (κ1) is 35.4. The van der Waals surface area contributed by atoms with Gasteiger partial charge in [-0.15, -0.1) is 0 Å². The third-order valence-electron chi connectivity index (χ3n) is 3.85. The van der Waals surface area contributed by atoms with Crippen LogP contribution < -0.4 is 34.0 Å². The molecule has 0 aromatic heterocycles. The van der Waals surface area contributed by atoms with Gasteiger partial charge in [0.2, 0.25) is 5.91 Å². The quantitative estimate of drug-likeness (QED) is 0.167. The average Bonchev–Trinajstić information content (AvgIpc) is 2.79. The maximum absolute atomic E-state index is 11.9. The molecule has 12 nitrogen and oxygen atoms in total. The molecule has 0 aromatic rings. The Morgan fingerprint density at radius 3 is 1.76 bits per heavy atom. The number of primary amides is 1. The van der Waals surface area contributed by atoms with Crippen molar-refractivity contribution in [1.29, 1.82) is 0 Å². The van der Waals surface area contributed by atoms with Crippen molar-refractivity contribution in [3.63, 3.8) is 0 Å². The number of carbonyl (C=O) groups is 3. The molecule has 0 bridgehead atoms. The van der Waals surface area contributed by atoms with Crippen molar-refractivity contribution < 1.29 is 23.9 Å². The molecule has 0 aliphatic rings. The fourth-order valence-electron chi connectivity index (χ4n) is 2.08. The number of rotatable bonds is 16. The molecule has 11 N–H and O–H groups in total. The number of nitrogens with two attached hydrogens (primary N) is 5. The van der Waals surface area contributed by atoms with E-state index in [-0.39, 0.29) is 38.8 Å². The third-order valence-corrected chi connectivity index (χ3v) is 3.85. The van der Waals surface area contributed by atoms with Crippen LogP contribution in [0.1, 0.15) is 58.8 Å². The fourth-order valence-corrected chi connectivity index (χ4v) is 2.08. The van der Waals surface area contributed by atoms with Crippen LogP contribution in [0.25, 0.3) is 0 Å². The number of ether oxygens (including phenoxy) is 2. The maximum atomic E-state index is 11.9. The number of amides is 3. The normalized spacial score (nSPS) is 9.52. The molecule has 0 atom stereocenters. The molecule has 0 rings (SSSR count). The third kappa shape index (κ3) is 32.1. The molecular weight excluding hydrogens is 430 g/mol. The Bertz CT molecular complexity index is 447. The Morgan fingerprint density at radius 2 is 1.33 bits per heavy atom. The van der Waals surface area contributed by atoms with Gasteiger partial charge in [-0.2, -0.15) is 0 Å². The Labute approximate surface area is 199 Å². The fraction of sp³-hybridized carbons (Fsp3) is 0.857. The Morgan fingerprint density at radius 1 is 0.758 bits per heavy atom. The van der Waals surface area contributed by atoms with Crippen molar-refractivity contribution in [2.45, 2.75) is 58.8 Å². The van der Waals surface area contributed by atoms with Crippen LogP contribution in [0.15, 0.2) is 0 Å². The number of nitrogens with zero attached hydrogens (tertiary/aromatic N) is 1. The maximum Gasteiger partial charge on any atom is 0.410 e. The van der Waals surface area contributed by atoms with E-state index in [9.17, 15) is 14.4 Å². The van der Waals surface area contributed by atoms with E-state index in [1.54, 1.807) is 0 Å². The van der Waals surface area contributed by atoms with Crippen LogP contribution in [-0.4, -0.2) is 82.0 Å². The summed E-state index contributed by atoms with van der Waals surface area (Å²) in [6, 6.07) is 0. The zero-order valence-electron chi connectivity index (χ0n) is 20.7. The van der Waals surface area contributed by atoms with E-state index < -0.39 is 12.2 Å². The first-order chi connectivity index (χ1) is 15.8. The second kappa shape index (κ2) is 29.9. The van der Waals surface area contributed by atoms with E-state index in [0.29, 0.717) is 19.5 Å². The molecule has 0 heterocycles. The number of carbonyl (C=O) groups excluding carboxylic acids is 3. The highest BCUT2D eigenvalue weighted by Crippen LogP contribution is 2.01. The van der Waals surface area contributed by atoms with E-state index in [0.717, 1.165) is 25.9 Å². The molecule has 0 saturated heterocycles. The molecule has 0 aromatic carbocycles. The second-order valence-electron chi connectivity index (χ2n) is 6.98. The van der Waals surface area contributed by atoms with E-state index in [1.165, 1.54) is 30.6 Å². The molecule has 0 fully saturated rings. The van der Waals surface area contributed by atoms with Crippen LogP contribution in [0.5, 0.6) is 0 Å². The van der Waals surface area contributed by atoms with Crippen molar-refractivity contribution in [3.05, 3.63) is 0 Å². The highest BCUT2D eigenvalue weighted by molar-refractivity contribution is 5.82. The van der Waals surface area contributed by atoms with Gasteiger partial charge < -0.3 is 43.5 Å². The highest BCUT2D eigenvalue weighted by Gasteiger charge is 2.18. The van der Waals surface area contributed by atoms with Gasteiger partial charge in [0, 0.05) is 13.1 Å². The van der Waals surface area contributed by atoms with E-state index >= 15 is 0 Å². The molecular formula is C21H49N7O5. The van der Waals surface area contributed by atoms with Crippen LogP contribution in [0.2, 0.25) is 0 Å². The molecule has 0 saturated carbocycles. The van der Waals surface area contributed by atoms with Gasteiger partial charge in [0.25, 0.3) is 0 Å². The molecule has 0 aliphatic carbocycles. The molecule has 3 amide bonds. The summed E-state index contributed by atoms with van der Waals surface area (Å²) in [5.41, 5.74) is 25.8. The lowest BCUT2D eigenvalue weighted by Gasteiger charge is -2.21. The summed E-state index contributed by atoms with van der Waals surface area (Å²) < 4.78 is 9.42. The first-order valence-electron chi connectivity index (χ1n) is 11.7. The van der Waals surface area contributed by atoms with E-state index in [1.807, 2.05) is 0 Å². The van der Waals surface area contributed by atoms with Crippen LogP contribution in [0.3, 0.4) is 0 Å². The average molecular weight is 480 g/mol. The minimum absolute atomic E-state index is 0.0325. The lowest BCUT2D eigenvalue weighted by molar-refractivity contribution is -0.122. The molecule has 12 heteroatoms. The summed E-state index contributed by atoms with van der Waals surface area (Å²) >= 11 is 0. The SMILES string of the molecule is CCCCN.CCCCN.NCCCCCN(CC(=O)NCCOC(N)=O)C(=O)OCCN. The smallest absolute Gasteiger partial charge is 0.410 e. The van der Waals surface area contributed by atoms with E-state index in [2.05, 4.69) is 23.9 Å². The monoisotopic (exact) mass is 479 g/mol. The van der Waals surface area contributed by atoms with Gasteiger partial charge in [-0.1, -0.05) is 33.1 Å². The molecule has 33 heavy (non-hydrogen) atoms. The molecule has 198 valence electrons. The minimum Gasteiger partial charge on any atom is -0.448 e.